The van der Waals surface area contributed by atoms with Gasteiger partial charge in [-0.25, -0.2) is 0 Å². The standard InChI is InChI=1S/C11H18N.C2H4.Cm/c1-3-12-6-4-10(5-7-12)11-8-9(11)2;1-2;/h9-11H,1,4-8H2,2H3;1-2H2;/q-1;;. The molecule has 1 heterocycles. The van der Waals surface area contributed by atoms with Gasteiger partial charge in [0.2, 0.25) is 0 Å². The van der Waals surface area contributed by atoms with Crippen LogP contribution in [0.15, 0.2) is 19.7 Å². The van der Waals surface area contributed by atoms with Crippen LogP contribution in [0.2, 0.25) is 0 Å². The molecule has 0 amide bonds. The molecule has 0 radical (unpaired) electrons. The van der Waals surface area contributed by atoms with Crippen LogP contribution in [-0.4, -0.2) is 18.0 Å². The first-order valence-corrected chi connectivity index (χ1v) is 5.59. The Balaban J connectivity index is 0.000000617. The van der Waals surface area contributed by atoms with E-state index in [4.69, 9.17) is 0 Å². The van der Waals surface area contributed by atoms with Crippen molar-refractivity contribution in [1.82, 2.24) is 4.90 Å². The quantitative estimate of drug-likeness (QED) is 0.472. The van der Waals surface area contributed by atoms with Crippen LogP contribution in [0.3, 0.4) is 0 Å². The molecule has 2 fully saturated rings. The molecular weight excluding hydrogens is 417 g/mol. The van der Waals surface area contributed by atoms with Crippen molar-refractivity contribution in [3.05, 3.63) is 25.9 Å². The molecule has 2 unspecified atom stereocenters. The molecular formula is C13H22CmN-. The normalized spacial score (nSPS) is 29.5. The summed E-state index contributed by atoms with van der Waals surface area (Å²) in [6.45, 7) is 14.5. The molecule has 1 saturated heterocycles. The Labute approximate surface area is 88.5 Å². The van der Waals surface area contributed by atoms with Gasteiger partial charge in [0.1, 0.15) is 0 Å². The minimum Gasteiger partial charge on any atom is -0.555 e. The zero-order valence-corrected chi connectivity index (χ0v) is 12.6. The van der Waals surface area contributed by atoms with Crippen molar-refractivity contribution in [2.24, 2.45) is 17.8 Å². The van der Waals surface area contributed by atoms with E-state index in [1.165, 1.54) is 32.4 Å². The van der Waals surface area contributed by atoms with Gasteiger partial charge in [-0.05, 0) is 50.1 Å². The monoisotopic (exact) mass is 435 g/mol. The molecule has 2 aliphatic rings. The molecule has 88 valence electrons. The van der Waals surface area contributed by atoms with E-state index < -0.39 is 0 Å². The third kappa shape index (κ3) is 3.16. The summed E-state index contributed by atoms with van der Waals surface area (Å²) >= 11 is 0. The van der Waals surface area contributed by atoms with Crippen LogP contribution in [0.1, 0.15) is 26.2 Å². The van der Waals surface area contributed by atoms with Gasteiger partial charge in [-0.15, -0.1) is 13.2 Å². The largest absolute Gasteiger partial charge is 0.555 e. The fraction of sp³-hybridized carbons (Fsp3) is 0.692. The van der Waals surface area contributed by atoms with Crippen molar-refractivity contribution >= 4 is 0 Å². The average molecular weight is 439 g/mol. The van der Waals surface area contributed by atoms with E-state index in [1.54, 1.807) is 0 Å². The van der Waals surface area contributed by atoms with Gasteiger partial charge >= 0.3 is 0 Å². The van der Waals surface area contributed by atoms with E-state index in [2.05, 4.69) is 37.8 Å². The fourth-order valence-corrected chi connectivity index (χ4v) is 2.49. The first-order valence-electron chi connectivity index (χ1n) is 5.59. The molecule has 0 aromatic rings. The second kappa shape index (κ2) is 5.90. The Hall–Kier alpha value is -1.72. The number of nitrogens with zero attached hydrogens (tertiary/aromatic N) is 1. The van der Waals surface area contributed by atoms with Crippen LogP contribution in [0.25, 0.3) is 0 Å². The Morgan fingerprint density at radius 2 is 1.67 bits per heavy atom. The Morgan fingerprint density at radius 1 is 1.20 bits per heavy atom. The molecule has 1 aliphatic heterocycles. The van der Waals surface area contributed by atoms with Crippen molar-refractivity contribution in [2.75, 3.05) is 13.1 Å². The summed E-state index contributed by atoms with van der Waals surface area (Å²) in [5, 5.41) is 0. The summed E-state index contributed by atoms with van der Waals surface area (Å²) in [6.07, 6.45) is 7.21. The average Bonchev–Trinajstić information content (AvgIpc) is 2.99. The summed E-state index contributed by atoms with van der Waals surface area (Å²) in [7, 11) is 0. The zero-order chi connectivity index (χ0) is 10.6. The maximum Gasteiger partial charge on any atom is 0 e. The Morgan fingerprint density at radius 3 is 2.00 bits per heavy atom. The van der Waals surface area contributed by atoms with Gasteiger partial charge in [-0.1, -0.05) is 6.92 Å². The minimum absolute atomic E-state index is 0. The van der Waals surface area contributed by atoms with Crippen LogP contribution < -0.4 is 0 Å². The molecule has 0 N–H and O–H groups in total. The van der Waals surface area contributed by atoms with Crippen molar-refractivity contribution in [3.8, 4) is 0 Å². The molecule has 2 rings (SSSR count). The molecule has 2 heteroatoms. The molecule has 0 spiro atoms. The second-order valence-electron chi connectivity index (χ2n) is 4.36. The third-order valence-corrected chi connectivity index (χ3v) is 3.54. The van der Waals surface area contributed by atoms with Gasteiger partial charge < -0.3 is 11.1 Å². The minimum atomic E-state index is 0. The Bertz CT molecular complexity index is 185. The molecule has 1 aliphatic carbocycles. The maximum absolute atomic E-state index is 3.69. The topological polar surface area (TPSA) is 3.24 Å². The molecule has 2 atom stereocenters. The predicted molar refractivity (Wildman–Crippen MR) is 61.7 cm³/mol. The SMILES string of the molecule is C=C.C=[C-]N1CCC(C2CC2C)CC1.[Cm]. The van der Waals surface area contributed by atoms with E-state index >= 15 is 0 Å². The Kier molecular flexibility index (Phi) is 5.22. The molecule has 0 aromatic heterocycles. The number of hydrogen-bond acceptors (Lipinski definition) is 1. The van der Waals surface area contributed by atoms with Crippen LogP contribution in [-0.2, 0) is 0 Å². The van der Waals surface area contributed by atoms with Gasteiger partial charge in [0.15, 0.2) is 0 Å². The molecule has 15 heavy (non-hydrogen) atoms. The van der Waals surface area contributed by atoms with Crippen LogP contribution >= 0.6 is 0 Å². The van der Waals surface area contributed by atoms with E-state index in [9.17, 15) is 0 Å². The summed E-state index contributed by atoms with van der Waals surface area (Å²) in [5.74, 6) is 3.11. The smallest absolute Gasteiger partial charge is 0 e. The van der Waals surface area contributed by atoms with Crippen LogP contribution in [0.4, 0.5) is 0 Å². The van der Waals surface area contributed by atoms with Gasteiger partial charge in [-0.2, -0.15) is 0 Å². The third-order valence-electron chi connectivity index (χ3n) is 3.54. The summed E-state index contributed by atoms with van der Waals surface area (Å²) in [6, 6.07) is 0. The zero-order valence-electron chi connectivity index (χ0n) is 9.69. The first kappa shape index (κ1) is 13.3. The van der Waals surface area contributed by atoms with E-state index in [0.717, 1.165) is 17.8 Å². The summed E-state index contributed by atoms with van der Waals surface area (Å²) < 4.78 is 0. The van der Waals surface area contributed by atoms with Gasteiger partial charge in [0, 0.05) is 0 Å². The first-order chi connectivity index (χ1) is 6.81. The predicted octanol–water partition coefficient (Wildman–Crippen LogP) is 3.10. The van der Waals surface area contributed by atoms with Crippen LogP contribution in [0, 0.1) is 24.0 Å². The van der Waals surface area contributed by atoms with E-state index in [-0.39, 0.29) is 0 Å². The molecule has 1 saturated carbocycles. The fourth-order valence-electron chi connectivity index (χ4n) is 2.49. The van der Waals surface area contributed by atoms with E-state index in [0.29, 0.717) is 0 Å². The molecule has 0 bridgehead atoms. The van der Waals surface area contributed by atoms with E-state index in [1.807, 2.05) is 0 Å². The maximum atomic E-state index is 3.69. The second-order valence-corrected chi connectivity index (χ2v) is 4.36. The molecule has 1 nitrogen and oxygen atoms in total. The van der Waals surface area contributed by atoms with Crippen molar-refractivity contribution < 1.29 is 0 Å². The number of piperidine rings is 1. The van der Waals surface area contributed by atoms with Gasteiger partial charge in [0.05, 0.1) is 0 Å². The van der Waals surface area contributed by atoms with Gasteiger partial charge in [-0.3, -0.25) is 6.58 Å². The van der Waals surface area contributed by atoms with Crippen LogP contribution in [0.5, 0.6) is 0 Å². The van der Waals surface area contributed by atoms with Crippen molar-refractivity contribution in [3.63, 3.8) is 0 Å². The number of hydrogen-bond donors (Lipinski definition) is 0. The summed E-state index contributed by atoms with van der Waals surface area (Å²) in [5.41, 5.74) is 0. The van der Waals surface area contributed by atoms with Gasteiger partial charge in [0.25, 0.3) is 0 Å². The molecule has 0 aromatic carbocycles. The number of rotatable bonds is 2. The van der Waals surface area contributed by atoms with Crippen molar-refractivity contribution in [2.45, 2.75) is 26.2 Å². The number of likely N-dealkylation sites (tertiary alicyclic amines) is 1. The van der Waals surface area contributed by atoms with Crippen molar-refractivity contribution in [1.29, 1.82) is 0 Å². The summed E-state index contributed by atoms with van der Waals surface area (Å²) in [4.78, 5) is 2.23.